The lowest BCUT2D eigenvalue weighted by atomic mass is 9.95. The van der Waals surface area contributed by atoms with E-state index in [2.05, 4.69) is 5.32 Å². The molecular weight excluding hydrogens is 324 g/mol. The van der Waals surface area contributed by atoms with Crippen LogP contribution in [0.4, 0.5) is 0 Å². The molecule has 0 unspecified atom stereocenters. The van der Waals surface area contributed by atoms with Gasteiger partial charge in [0.15, 0.2) is 5.78 Å². The highest BCUT2D eigenvalue weighted by molar-refractivity contribution is 6.15. The Morgan fingerprint density at radius 3 is 2.23 bits per heavy atom. The first-order valence-corrected chi connectivity index (χ1v) is 9.18. The summed E-state index contributed by atoms with van der Waals surface area (Å²) in [5.74, 6) is -0.144. The largest absolute Gasteiger partial charge is 0.339 e. The summed E-state index contributed by atoms with van der Waals surface area (Å²) in [6.45, 7) is 5.46. The fourth-order valence-electron chi connectivity index (χ4n) is 3.45. The monoisotopic (exact) mass is 350 g/mol. The Balaban J connectivity index is 1.87. The Morgan fingerprint density at radius 1 is 0.962 bits per heavy atom. The number of rotatable bonds is 4. The van der Waals surface area contributed by atoms with Crippen molar-refractivity contribution in [1.82, 2.24) is 10.2 Å². The zero-order valence-electron chi connectivity index (χ0n) is 15.7. The zero-order chi connectivity index (χ0) is 18.7. The van der Waals surface area contributed by atoms with Crippen molar-refractivity contribution < 1.29 is 9.59 Å². The van der Waals surface area contributed by atoms with Crippen LogP contribution in [0.2, 0.25) is 0 Å². The number of piperidine rings is 1. The lowest BCUT2D eigenvalue weighted by Gasteiger charge is -2.32. The average molecular weight is 350 g/mol. The highest BCUT2D eigenvalue weighted by atomic mass is 16.2. The number of likely N-dealkylation sites (tertiary alicyclic amines) is 1. The van der Waals surface area contributed by atoms with E-state index in [0.29, 0.717) is 22.7 Å². The second-order valence-corrected chi connectivity index (χ2v) is 7.03. The molecule has 0 spiro atoms. The van der Waals surface area contributed by atoms with Crippen LogP contribution < -0.4 is 5.32 Å². The molecule has 26 heavy (non-hydrogen) atoms. The predicted octanol–water partition coefficient (Wildman–Crippen LogP) is 3.36. The smallest absolute Gasteiger partial charge is 0.254 e. The first kappa shape index (κ1) is 18.3. The number of carbonyl (C=O) groups excluding carboxylic acids is 2. The number of hydrogen-bond acceptors (Lipinski definition) is 3. The maximum Gasteiger partial charge on any atom is 0.254 e. The molecule has 0 aromatic heterocycles. The molecule has 2 aromatic rings. The number of ketones is 1. The van der Waals surface area contributed by atoms with E-state index in [-0.39, 0.29) is 11.7 Å². The second kappa shape index (κ2) is 7.83. The Bertz CT molecular complexity index is 821. The maximum atomic E-state index is 13.0. The van der Waals surface area contributed by atoms with Crippen molar-refractivity contribution in [2.75, 3.05) is 20.1 Å². The predicted molar refractivity (Wildman–Crippen MR) is 104 cm³/mol. The van der Waals surface area contributed by atoms with Crippen molar-refractivity contribution >= 4 is 11.7 Å². The molecule has 4 nitrogen and oxygen atoms in total. The van der Waals surface area contributed by atoms with Gasteiger partial charge in [-0.25, -0.2) is 0 Å². The van der Waals surface area contributed by atoms with Crippen LogP contribution in [0.5, 0.6) is 0 Å². The lowest BCUT2D eigenvalue weighted by Crippen LogP contribution is -2.44. The standard InChI is InChI=1S/C22H26N2O2/c1-15-8-9-17(14-16(15)2)21(25)19-6-4-5-7-20(19)22(26)24-12-10-18(23-3)11-13-24/h4-9,14,18,23H,10-13H2,1-3H3. The topological polar surface area (TPSA) is 49.4 Å². The summed E-state index contributed by atoms with van der Waals surface area (Å²) in [6.07, 6.45) is 1.88. The number of amides is 1. The number of aryl methyl sites for hydroxylation is 2. The van der Waals surface area contributed by atoms with Crippen LogP contribution in [0.15, 0.2) is 42.5 Å². The van der Waals surface area contributed by atoms with Crippen LogP contribution in [-0.4, -0.2) is 42.8 Å². The SMILES string of the molecule is CNC1CCN(C(=O)c2ccccc2C(=O)c2ccc(C)c(C)c2)CC1. The van der Waals surface area contributed by atoms with Crippen LogP contribution in [0, 0.1) is 13.8 Å². The summed E-state index contributed by atoms with van der Waals surface area (Å²) in [6, 6.07) is 13.3. The van der Waals surface area contributed by atoms with Gasteiger partial charge >= 0.3 is 0 Å². The molecular formula is C22H26N2O2. The third-order valence-electron chi connectivity index (χ3n) is 5.36. The third kappa shape index (κ3) is 3.70. The average Bonchev–Trinajstić information content (AvgIpc) is 2.69. The highest BCUT2D eigenvalue weighted by Gasteiger charge is 2.26. The molecule has 4 heteroatoms. The highest BCUT2D eigenvalue weighted by Crippen LogP contribution is 2.20. The minimum Gasteiger partial charge on any atom is -0.339 e. The first-order valence-electron chi connectivity index (χ1n) is 9.18. The van der Waals surface area contributed by atoms with E-state index in [1.54, 1.807) is 12.1 Å². The number of hydrogen-bond donors (Lipinski definition) is 1. The zero-order valence-corrected chi connectivity index (χ0v) is 15.7. The fraction of sp³-hybridized carbons (Fsp3) is 0.364. The fourth-order valence-corrected chi connectivity index (χ4v) is 3.45. The Labute approximate surface area is 155 Å². The van der Waals surface area contributed by atoms with Gasteiger partial charge in [0.25, 0.3) is 5.91 Å². The van der Waals surface area contributed by atoms with Crippen molar-refractivity contribution in [3.05, 3.63) is 70.3 Å². The molecule has 0 atom stereocenters. The van der Waals surface area contributed by atoms with Gasteiger partial charge in [0, 0.05) is 30.3 Å². The van der Waals surface area contributed by atoms with Crippen molar-refractivity contribution in [2.45, 2.75) is 32.7 Å². The van der Waals surface area contributed by atoms with Gasteiger partial charge in [0.05, 0.1) is 5.56 Å². The van der Waals surface area contributed by atoms with Crippen LogP contribution in [0.3, 0.4) is 0 Å². The number of benzene rings is 2. The van der Waals surface area contributed by atoms with Crippen LogP contribution >= 0.6 is 0 Å². The molecule has 1 saturated heterocycles. The van der Waals surface area contributed by atoms with E-state index in [4.69, 9.17) is 0 Å². The molecule has 1 aliphatic rings. The molecule has 136 valence electrons. The molecule has 3 rings (SSSR count). The van der Waals surface area contributed by atoms with E-state index < -0.39 is 0 Å². The van der Waals surface area contributed by atoms with Crippen molar-refractivity contribution in [3.8, 4) is 0 Å². The van der Waals surface area contributed by atoms with Crippen molar-refractivity contribution in [3.63, 3.8) is 0 Å². The van der Waals surface area contributed by atoms with Gasteiger partial charge in [0.2, 0.25) is 0 Å². The summed E-state index contributed by atoms with van der Waals surface area (Å²) in [5.41, 5.74) is 3.84. The molecule has 2 aromatic carbocycles. The van der Waals surface area contributed by atoms with E-state index in [1.165, 1.54) is 0 Å². The van der Waals surface area contributed by atoms with Crippen LogP contribution in [-0.2, 0) is 0 Å². The van der Waals surface area contributed by atoms with Gasteiger partial charge < -0.3 is 10.2 Å². The Hall–Kier alpha value is -2.46. The Morgan fingerprint density at radius 2 is 1.62 bits per heavy atom. The lowest BCUT2D eigenvalue weighted by molar-refractivity contribution is 0.0703. The molecule has 0 radical (unpaired) electrons. The number of nitrogens with one attached hydrogen (secondary N) is 1. The quantitative estimate of drug-likeness (QED) is 0.860. The van der Waals surface area contributed by atoms with Crippen LogP contribution in [0.25, 0.3) is 0 Å². The molecule has 0 bridgehead atoms. The van der Waals surface area contributed by atoms with Crippen LogP contribution in [0.1, 0.15) is 50.2 Å². The normalized spacial score (nSPS) is 15.1. The summed E-state index contributed by atoms with van der Waals surface area (Å²) < 4.78 is 0. The number of nitrogens with zero attached hydrogens (tertiary/aromatic N) is 1. The second-order valence-electron chi connectivity index (χ2n) is 7.03. The summed E-state index contributed by atoms with van der Waals surface area (Å²) in [7, 11) is 1.96. The van der Waals surface area contributed by atoms with E-state index in [9.17, 15) is 9.59 Å². The van der Waals surface area contributed by atoms with Gasteiger partial charge in [-0.1, -0.05) is 30.3 Å². The van der Waals surface area contributed by atoms with E-state index in [1.807, 2.05) is 56.1 Å². The molecule has 1 amide bonds. The van der Waals surface area contributed by atoms with Crippen molar-refractivity contribution in [1.29, 1.82) is 0 Å². The van der Waals surface area contributed by atoms with E-state index in [0.717, 1.165) is 37.1 Å². The molecule has 0 aliphatic carbocycles. The van der Waals surface area contributed by atoms with E-state index >= 15 is 0 Å². The van der Waals surface area contributed by atoms with Gasteiger partial charge in [-0.05, 0) is 57.0 Å². The van der Waals surface area contributed by atoms with Gasteiger partial charge in [0.1, 0.15) is 0 Å². The van der Waals surface area contributed by atoms with Crippen molar-refractivity contribution in [2.24, 2.45) is 0 Å². The minimum atomic E-state index is -0.0952. The summed E-state index contributed by atoms with van der Waals surface area (Å²) in [4.78, 5) is 27.9. The molecule has 1 N–H and O–H groups in total. The summed E-state index contributed by atoms with van der Waals surface area (Å²) >= 11 is 0. The molecule has 1 heterocycles. The third-order valence-corrected chi connectivity index (χ3v) is 5.36. The molecule has 1 aliphatic heterocycles. The molecule has 1 fully saturated rings. The van der Waals surface area contributed by atoms with Gasteiger partial charge in [-0.2, -0.15) is 0 Å². The first-order chi connectivity index (χ1) is 12.5. The molecule has 0 saturated carbocycles. The number of carbonyl (C=O) groups is 2. The minimum absolute atomic E-state index is 0.0488. The Kier molecular flexibility index (Phi) is 5.52. The van der Waals surface area contributed by atoms with Gasteiger partial charge in [-0.15, -0.1) is 0 Å². The maximum absolute atomic E-state index is 13.0. The van der Waals surface area contributed by atoms with Gasteiger partial charge in [-0.3, -0.25) is 9.59 Å². The summed E-state index contributed by atoms with van der Waals surface area (Å²) in [5, 5.41) is 3.27.